The third-order valence-corrected chi connectivity index (χ3v) is 1.79. The van der Waals surface area contributed by atoms with Gasteiger partial charge in [-0.3, -0.25) is 4.90 Å². The van der Waals surface area contributed by atoms with Crippen LogP contribution in [0.25, 0.3) is 0 Å². The van der Waals surface area contributed by atoms with Crippen LogP contribution in [0.1, 0.15) is 41.5 Å². The normalized spacial score (nSPS) is 12.4. The Morgan fingerprint density at radius 2 is 0.933 bits per heavy atom. The topological polar surface area (TPSA) is 92.7 Å². The zero-order valence-corrected chi connectivity index (χ0v) is 11.0. The number of hydrogen-bond acceptors (Lipinski definition) is 5. The minimum Gasteiger partial charge on any atom is -0.296 e. The summed E-state index contributed by atoms with van der Waals surface area (Å²) < 4.78 is 32.7. The maximum absolute atomic E-state index is 8.60. The van der Waals surface area contributed by atoms with Gasteiger partial charge in [0.25, 0.3) is 0 Å². The molecule has 0 heterocycles. The van der Waals surface area contributed by atoms with Crippen LogP contribution < -0.4 is 14.0 Å². The van der Waals surface area contributed by atoms with E-state index in [9.17, 15) is 0 Å². The SMILES string of the molecule is CC(C)N(C(C)C)C(C)C.[O-][Cl+3]([O-])([O-])O. The molecule has 94 valence electrons. The molecular formula is C9H22ClNO4. The summed E-state index contributed by atoms with van der Waals surface area (Å²) in [4.78, 5) is 2.50. The Morgan fingerprint density at radius 3 is 0.933 bits per heavy atom. The van der Waals surface area contributed by atoms with Gasteiger partial charge in [0.1, 0.15) is 0 Å². The van der Waals surface area contributed by atoms with Crippen molar-refractivity contribution in [3.05, 3.63) is 0 Å². The van der Waals surface area contributed by atoms with Crippen molar-refractivity contribution in [2.45, 2.75) is 59.7 Å². The Bertz CT molecular complexity index is 132. The molecule has 0 aliphatic rings. The first kappa shape index (κ1) is 17.5. The lowest BCUT2D eigenvalue weighted by atomic mass is 10.2. The lowest BCUT2D eigenvalue weighted by Gasteiger charge is -2.34. The molecule has 0 aliphatic carbocycles. The number of halogens is 1. The summed E-state index contributed by atoms with van der Waals surface area (Å²) in [6.07, 6.45) is 0. The van der Waals surface area contributed by atoms with Crippen molar-refractivity contribution in [2.24, 2.45) is 0 Å². The van der Waals surface area contributed by atoms with Gasteiger partial charge in [0.15, 0.2) is 0 Å². The van der Waals surface area contributed by atoms with Crippen LogP contribution in [0.2, 0.25) is 0 Å². The monoisotopic (exact) mass is 243 g/mol. The standard InChI is InChI=1S/C9H21N.ClHO4/c1-7(2)10(8(3)4)9(5)6;2-1(3,4)5/h7-9H,1-6H3;(H,2,3,4,5). The molecular weight excluding hydrogens is 222 g/mol. The molecule has 1 N–H and O–H groups in total. The smallest absolute Gasteiger partial charge is 0.0777 e. The third-order valence-electron chi connectivity index (χ3n) is 1.79. The molecule has 5 nitrogen and oxygen atoms in total. The molecule has 6 heteroatoms. The van der Waals surface area contributed by atoms with Crippen molar-refractivity contribution in [1.29, 1.82) is 0 Å². The van der Waals surface area contributed by atoms with Crippen molar-refractivity contribution in [3.63, 3.8) is 0 Å². The van der Waals surface area contributed by atoms with Crippen LogP contribution in [0.4, 0.5) is 0 Å². The van der Waals surface area contributed by atoms with Crippen molar-refractivity contribution in [1.82, 2.24) is 4.90 Å². The second-order valence-electron chi connectivity index (χ2n) is 4.12. The van der Waals surface area contributed by atoms with Crippen molar-refractivity contribution in [3.8, 4) is 0 Å². The highest BCUT2D eigenvalue weighted by Crippen LogP contribution is 2.08. The first-order valence-corrected chi connectivity index (χ1v) is 6.13. The number of hydrogen-bond donors (Lipinski definition) is 1. The van der Waals surface area contributed by atoms with Crippen LogP contribution in [0, 0.1) is 10.2 Å². The molecule has 15 heavy (non-hydrogen) atoms. The van der Waals surface area contributed by atoms with Gasteiger partial charge in [-0.1, -0.05) is 0 Å². The molecule has 0 saturated heterocycles. The van der Waals surface area contributed by atoms with E-state index in [4.69, 9.17) is 18.6 Å². The van der Waals surface area contributed by atoms with E-state index in [0.29, 0.717) is 18.1 Å². The highest BCUT2D eigenvalue weighted by molar-refractivity contribution is 4.70. The van der Waals surface area contributed by atoms with Gasteiger partial charge in [0.2, 0.25) is 0 Å². The Morgan fingerprint density at radius 1 is 0.800 bits per heavy atom. The lowest BCUT2D eigenvalue weighted by molar-refractivity contribution is -1.92. The van der Waals surface area contributed by atoms with Gasteiger partial charge < -0.3 is 0 Å². The molecule has 0 aromatic carbocycles. The largest absolute Gasteiger partial charge is 0.296 e. The van der Waals surface area contributed by atoms with Crippen LogP contribution in [0.5, 0.6) is 0 Å². The molecule has 0 rings (SSSR count). The fraction of sp³-hybridized carbons (Fsp3) is 1.00. The van der Waals surface area contributed by atoms with Gasteiger partial charge >= 0.3 is 0 Å². The predicted molar refractivity (Wildman–Crippen MR) is 49.5 cm³/mol. The predicted octanol–water partition coefficient (Wildman–Crippen LogP) is -1.61. The quantitative estimate of drug-likeness (QED) is 0.644. The molecule has 0 saturated carbocycles. The molecule has 0 amide bonds. The van der Waals surface area contributed by atoms with Gasteiger partial charge in [0.05, 0.1) is 14.9 Å². The van der Waals surface area contributed by atoms with Gasteiger partial charge in [-0.2, -0.15) is 14.0 Å². The van der Waals surface area contributed by atoms with E-state index in [1.807, 2.05) is 0 Å². The number of rotatable bonds is 3. The van der Waals surface area contributed by atoms with Crippen molar-refractivity contribution >= 4 is 0 Å². The molecule has 0 aliphatic heterocycles. The molecule has 0 aromatic heterocycles. The molecule has 0 bridgehead atoms. The Labute approximate surface area is 94.1 Å². The van der Waals surface area contributed by atoms with E-state index in [1.165, 1.54) is 0 Å². The van der Waals surface area contributed by atoms with E-state index < -0.39 is 10.2 Å². The minimum atomic E-state index is -4.69. The molecule has 0 atom stereocenters. The second kappa shape index (κ2) is 7.38. The average Bonchev–Trinajstić information content (AvgIpc) is 1.77. The summed E-state index contributed by atoms with van der Waals surface area (Å²) in [5.74, 6) is 0. The molecule has 0 aromatic rings. The zero-order chi connectivity index (χ0) is 12.8. The second-order valence-corrected chi connectivity index (χ2v) is 4.92. The minimum absolute atomic E-state index is 0.667. The van der Waals surface area contributed by atoms with E-state index in [0.717, 1.165) is 0 Å². The molecule has 0 radical (unpaired) electrons. The van der Waals surface area contributed by atoms with Gasteiger partial charge in [-0.05, 0) is 41.5 Å². The van der Waals surface area contributed by atoms with E-state index in [1.54, 1.807) is 0 Å². The van der Waals surface area contributed by atoms with Gasteiger partial charge in [-0.25, -0.2) is 0 Å². The maximum atomic E-state index is 8.60. The Balaban J connectivity index is 0. The van der Waals surface area contributed by atoms with Crippen molar-refractivity contribution in [2.75, 3.05) is 0 Å². The van der Waals surface area contributed by atoms with Crippen molar-refractivity contribution < 1.29 is 28.9 Å². The fourth-order valence-corrected chi connectivity index (χ4v) is 1.79. The van der Waals surface area contributed by atoms with Gasteiger partial charge in [0, 0.05) is 18.1 Å². The Kier molecular flexibility index (Phi) is 8.60. The highest BCUT2D eigenvalue weighted by atomic mass is 35.7. The van der Waals surface area contributed by atoms with E-state index >= 15 is 0 Å². The van der Waals surface area contributed by atoms with E-state index in [-0.39, 0.29) is 0 Å². The summed E-state index contributed by atoms with van der Waals surface area (Å²) in [6, 6.07) is 2.00. The van der Waals surface area contributed by atoms with Gasteiger partial charge in [-0.15, -0.1) is 0 Å². The van der Waals surface area contributed by atoms with Crippen LogP contribution in [-0.4, -0.2) is 27.7 Å². The Hall–Kier alpha value is 0.0900. The molecule has 0 spiro atoms. The van der Waals surface area contributed by atoms with Crippen LogP contribution >= 0.6 is 0 Å². The molecule has 0 unspecified atom stereocenters. The summed E-state index contributed by atoms with van der Waals surface area (Å²) >= 11 is 0. The first-order valence-electron chi connectivity index (χ1n) is 4.87. The zero-order valence-electron chi connectivity index (χ0n) is 10.2. The first-order chi connectivity index (χ1) is 6.46. The third kappa shape index (κ3) is 14.1. The summed E-state index contributed by atoms with van der Waals surface area (Å²) in [5, 5.41) is 0. The van der Waals surface area contributed by atoms with Crippen LogP contribution in [0.3, 0.4) is 0 Å². The summed E-state index contributed by atoms with van der Waals surface area (Å²) in [7, 11) is -4.69. The van der Waals surface area contributed by atoms with Crippen LogP contribution in [-0.2, 0) is 0 Å². The lowest BCUT2D eigenvalue weighted by Crippen LogP contribution is -2.58. The fourth-order valence-electron chi connectivity index (χ4n) is 1.79. The molecule has 0 fully saturated rings. The number of nitrogens with zero attached hydrogens (tertiary/aromatic N) is 1. The summed E-state index contributed by atoms with van der Waals surface area (Å²) in [5.41, 5.74) is 0. The van der Waals surface area contributed by atoms with E-state index in [2.05, 4.69) is 46.4 Å². The summed E-state index contributed by atoms with van der Waals surface area (Å²) in [6.45, 7) is 13.5. The van der Waals surface area contributed by atoms with Crippen LogP contribution in [0.15, 0.2) is 0 Å². The average molecular weight is 244 g/mol. The maximum Gasteiger partial charge on any atom is 0.0777 e. The highest BCUT2D eigenvalue weighted by Gasteiger charge is 2.15.